The maximum Gasteiger partial charge on any atom is 0.404 e. The van der Waals surface area contributed by atoms with E-state index >= 15 is 0 Å². The Morgan fingerprint density at radius 3 is 2.42 bits per heavy atom. The van der Waals surface area contributed by atoms with E-state index < -0.39 is 11.9 Å². The van der Waals surface area contributed by atoms with E-state index in [0.717, 1.165) is 31.4 Å². The van der Waals surface area contributed by atoms with Gasteiger partial charge in [0, 0.05) is 43.3 Å². The highest BCUT2D eigenvalue weighted by Crippen LogP contribution is 2.50. The second kappa shape index (κ2) is 9.80. The summed E-state index contributed by atoms with van der Waals surface area (Å²) in [6, 6.07) is 3.53. The van der Waals surface area contributed by atoms with E-state index in [0.29, 0.717) is 50.7 Å². The number of aromatic amines is 1. The monoisotopic (exact) mass is 561 g/mol. The summed E-state index contributed by atoms with van der Waals surface area (Å²) in [4.78, 5) is 41.1. The van der Waals surface area contributed by atoms with E-state index in [1.54, 1.807) is 27.0 Å². The molecule has 2 heterocycles. The Morgan fingerprint density at radius 1 is 1.17 bits per heavy atom. The number of carbonyl (C=O) groups is 2. The molecule has 1 aromatic heterocycles. The Hall–Kier alpha value is -3.01. The summed E-state index contributed by atoms with van der Waals surface area (Å²) in [5, 5.41) is 11.5. The lowest BCUT2D eigenvalue weighted by Gasteiger charge is -2.33. The number of hydrogen-bond donors (Lipinski definition) is 3. The Morgan fingerprint density at radius 2 is 1.81 bits per heavy atom. The molecule has 1 aliphatic heterocycles. The van der Waals surface area contributed by atoms with Crippen molar-refractivity contribution in [3.63, 3.8) is 0 Å². The number of nitrogens with zero attached hydrogens (tertiary/aromatic N) is 1. The number of carboxylic acid groups (broad SMARTS) is 1. The Labute approximate surface area is 218 Å². The molecule has 1 fully saturated rings. The zero-order valence-corrected chi connectivity index (χ0v) is 22.7. The van der Waals surface area contributed by atoms with Crippen molar-refractivity contribution in [1.29, 1.82) is 0 Å². The minimum atomic E-state index is -0.984. The lowest BCUT2D eigenvalue weighted by atomic mass is 9.82. The smallest absolute Gasteiger partial charge is 0.404 e. The number of H-pyrrole nitrogens is 1. The van der Waals surface area contributed by atoms with Crippen molar-refractivity contribution in [2.75, 3.05) is 11.9 Å². The highest BCUT2D eigenvalue weighted by molar-refractivity contribution is 9.10. The molecule has 10 heteroatoms. The lowest BCUT2D eigenvalue weighted by Crippen LogP contribution is -2.41. The second-order valence-corrected chi connectivity index (χ2v) is 10.9. The molecule has 36 heavy (non-hydrogen) atoms. The van der Waals surface area contributed by atoms with Crippen LogP contribution in [0.4, 0.5) is 10.5 Å². The van der Waals surface area contributed by atoms with Crippen molar-refractivity contribution >= 4 is 33.6 Å². The third-order valence-electron chi connectivity index (χ3n) is 7.11. The average molecular weight is 562 g/mol. The molecule has 194 valence electrons. The standard InChI is InChI=1S/C26H32BrN3O6/c1-13-10-14(2)28-23(31)20(13)30(5)24(32)18-11-19(27)22-21(15(18)3)35-26(4,36-22)12-16-6-8-17(9-7-16)29-25(33)34/h10-11,16-17,29H,6-9,12H2,1-5H3,(H,28,31)(H,33,34)/t16-,17-,26?. The van der Waals surface area contributed by atoms with E-state index in [-0.39, 0.29) is 17.5 Å². The summed E-state index contributed by atoms with van der Waals surface area (Å²) < 4.78 is 13.2. The Bertz CT molecular complexity index is 1270. The number of aryl methyl sites for hydroxylation is 2. The van der Waals surface area contributed by atoms with Gasteiger partial charge in [0.1, 0.15) is 5.69 Å². The molecule has 1 saturated carbocycles. The molecule has 2 aliphatic rings. The van der Waals surface area contributed by atoms with Gasteiger partial charge in [-0.05, 0) is 86.0 Å². The van der Waals surface area contributed by atoms with Gasteiger partial charge < -0.3 is 29.8 Å². The van der Waals surface area contributed by atoms with Crippen LogP contribution in [-0.2, 0) is 0 Å². The number of fused-ring (bicyclic) bond motifs is 1. The molecule has 0 spiro atoms. The first-order chi connectivity index (χ1) is 16.9. The molecule has 4 rings (SSSR count). The highest BCUT2D eigenvalue weighted by atomic mass is 79.9. The largest absolute Gasteiger partial charge is 0.465 e. The van der Waals surface area contributed by atoms with Crippen molar-refractivity contribution in [3.8, 4) is 11.5 Å². The van der Waals surface area contributed by atoms with Gasteiger partial charge in [-0.15, -0.1) is 0 Å². The molecule has 0 radical (unpaired) electrons. The molecule has 3 N–H and O–H groups in total. The quantitative estimate of drug-likeness (QED) is 0.470. The number of nitrogens with one attached hydrogen (secondary N) is 2. The van der Waals surface area contributed by atoms with E-state index in [4.69, 9.17) is 14.6 Å². The molecule has 1 aromatic carbocycles. The highest BCUT2D eigenvalue weighted by Gasteiger charge is 2.42. The van der Waals surface area contributed by atoms with Gasteiger partial charge >= 0.3 is 6.09 Å². The number of carbonyl (C=O) groups excluding carboxylic acids is 1. The fourth-order valence-corrected chi connectivity index (χ4v) is 5.92. The van der Waals surface area contributed by atoms with Crippen molar-refractivity contribution in [2.45, 2.75) is 71.6 Å². The van der Waals surface area contributed by atoms with E-state index in [9.17, 15) is 14.4 Å². The van der Waals surface area contributed by atoms with Crippen LogP contribution in [0.25, 0.3) is 0 Å². The zero-order valence-electron chi connectivity index (χ0n) is 21.2. The fourth-order valence-electron chi connectivity index (χ4n) is 5.43. The number of rotatable bonds is 5. The van der Waals surface area contributed by atoms with Crippen LogP contribution >= 0.6 is 15.9 Å². The van der Waals surface area contributed by atoms with E-state index in [1.165, 1.54) is 4.90 Å². The third-order valence-corrected chi connectivity index (χ3v) is 7.70. The van der Waals surface area contributed by atoms with Gasteiger partial charge in [-0.1, -0.05) is 0 Å². The Kier molecular flexibility index (Phi) is 7.10. The molecule has 1 atom stereocenters. The van der Waals surface area contributed by atoms with Crippen LogP contribution in [0.5, 0.6) is 11.5 Å². The maximum absolute atomic E-state index is 13.5. The minimum absolute atomic E-state index is 0.0134. The van der Waals surface area contributed by atoms with Crippen LogP contribution in [0.3, 0.4) is 0 Å². The van der Waals surface area contributed by atoms with Gasteiger partial charge in [0.2, 0.25) is 5.79 Å². The summed E-state index contributed by atoms with van der Waals surface area (Å²) in [7, 11) is 1.59. The topological polar surface area (TPSA) is 121 Å². The first-order valence-electron chi connectivity index (χ1n) is 12.1. The lowest BCUT2D eigenvalue weighted by molar-refractivity contribution is -0.0835. The summed E-state index contributed by atoms with van der Waals surface area (Å²) in [5.41, 5.74) is 2.48. The van der Waals surface area contributed by atoms with Crippen LogP contribution in [-0.4, -0.2) is 41.0 Å². The van der Waals surface area contributed by atoms with Crippen LogP contribution in [0.1, 0.15) is 66.2 Å². The fraction of sp³-hybridized carbons (Fsp3) is 0.500. The third kappa shape index (κ3) is 5.09. The van der Waals surface area contributed by atoms with Gasteiger partial charge in [-0.25, -0.2) is 4.79 Å². The van der Waals surface area contributed by atoms with E-state index in [1.807, 2.05) is 19.9 Å². The summed E-state index contributed by atoms with van der Waals surface area (Å²) >= 11 is 3.54. The minimum Gasteiger partial charge on any atom is -0.465 e. The summed E-state index contributed by atoms with van der Waals surface area (Å²) in [6.07, 6.45) is 2.98. The molecule has 9 nitrogen and oxygen atoms in total. The predicted octanol–water partition coefficient (Wildman–Crippen LogP) is 5.04. The van der Waals surface area contributed by atoms with Crippen LogP contribution in [0.2, 0.25) is 0 Å². The summed E-state index contributed by atoms with van der Waals surface area (Å²) in [5.74, 6) is 0.179. The molecule has 1 aliphatic carbocycles. The van der Waals surface area contributed by atoms with Gasteiger partial charge in [0.15, 0.2) is 11.5 Å². The molecule has 2 aromatic rings. The molecule has 0 saturated heterocycles. The normalized spacial score (nSPS) is 22.8. The molecule has 1 unspecified atom stereocenters. The van der Waals surface area contributed by atoms with Crippen LogP contribution in [0, 0.1) is 26.7 Å². The number of anilines is 1. The van der Waals surface area contributed by atoms with Gasteiger partial charge in [0.25, 0.3) is 11.5 Å². The van der Waals surface area contributed by atoms with Crippen LogP contribution < -0.4 is 25.2 Å². The van der Waals surface area contributed by atoms with Gasteiger partial charge in [-0.3, -0.25) is 9.59 Å². The number of hydrogen-bond acceptors (Lipinski definition) is 5. The molecule has 0 bridgehead atoms. The first-order valence-corrected chi connectivity index (χ1v) is 12.9. The van der Waals surface area contributed by atoms with Crippen LogP contribution in [0.15, 0.2) is 21.4 Å². The number of amides is 2. The number of pyridine rings is 1. The van der Waals surface area contributed by atoms with Gasteiger partial charge in [-0.2, -0.15) is 0 Å². The Balaban J connectivity index is 1.53. The van der Waals surface area contributed by atoms with E-state index in [2.05, 4.69) is 26.2 Å². The molecular formula is C26H32BrN3O6. The van der Waals surface area contributed by atoms with Crippen molar-refractivity contribution in [2.24, 2.45) is 5.92 Å². The number of ether oxygens (including phenoxy) is 2. The number of halogens is 1. The maximum atomic E-state index is 13.5. The zero-order chi connectivity index (χ0) is 26.4. The number of benzene rings is 1. The summed E-state index contributed by atoms with van der Waals surface area (Å²) in [6.45, 7) is 7.31. The van der Waals surface area contributed by atoms with Crippen molar-refractivity contribution in [1.82, 2.24) is 10.3 Å². The SMILES string of the molecule is Cc1cc(C)c(N(C)C(=O)c2cc(Br)c3c(c2C)OC(C)(C[C@H]2CC[C@H](NC(=O)O)CC2)O3)c(=O)[nH]1. The van der Waals surface area contributed by atoms with Crippen molar-refractivity contribution < 1.29 is 24.2 Å². The molecular weight excluding hydrogens is 530 g/mol. The first kappa shape index (κ1) is 26.1. The van der Waals surface area contributed by atoms with Crippen molar-refractivity contribution in [3.05, 3.63) is 49.3 Å². The number of aromatic nitrogens is 1. The molecule has 2 amide bonds. The predicted molar refractivity (Wildman–Crippen MR) is 139 cm³/mol. The van der Waals surface area contributed by atoms with Gasteiger partial charge in [0.05, 0.1) is 4.47 Å². The average Bonchev–Trinajstić information content (AvgIpc) is 3.14. The second-order valence-electron chi connectivity index (χ2n) is 10.1.